The van der Waals surface area contributed by atoms with E-state index < -0.39 is 0 Å². The zero-order chi connectivity index (χ0) is 18.8. The lowest BCUT2D eigenvalue weighted by molar-refractivity contribution is -0.134. The highest BCUT2D eigenvalue weighted by atomic mass is 16.5. The summed E-state index contributed by atoms with van der Waals surface area (Å²) in [5.41, 5.74) is 0. The zero-order valence-electron chi connectivity index (χ0n) is 15.7. The van der Waals surface area contributed by atoms with E-state index in [1.165, 1.54) is 6.33 Å². The molecular formula is C20H24N4O3. The molecule has 2 aliphatic rings. The van der Waals surface area contributed by atoms with E-state index in [-0.39, 0.29) is 12.0 Å². The number of methoxy groups -OCH3 is 1. The maximum Gasteiger partial charge on any atom is 0.226 e. The molecule has 0 radical (unpaired) electrons. The third-order valence-corrected chi connectivity index (χ3v) is 5.07. The van der Waals surface area contributed by atoms with Crippen molar-refractivity contribution >= 4 is 11.7 Å². The highest BCUT2D eigenvalue weighted by Crippen LogP contribution is 2.33. The van der Waals surface area contributed by atoms with Crippen LogP contribution in [0.2, 0.25) is 0 Å². The molecule has 0 spiro atoms. The average molecular weight is 368 g/mol. The minimum absolute atomic E-state index is 0.167. The number of nitrogens with zero attached hydrogens (tertiary/aromatic N) is 4. The molecule has 2 aromatic rings. The van der Waals surface area contributed by atoms with Gasteiger partial charge >= 0.3 is 0 Å². The molecule has 27 heavy (non-hydrogen) atoms. The van der Waals surface area contributed by atoms with Crippen LogP contribution >= 0.6 is 0 Å². The zero-order valence-corrected chi connectivity index (χ0v) is 15.7. The average Bonchev–Trinajstić information content (AvgIpc) is 3.53. The van der Waals surface area contributed by atoms with E-state index >= 15 is 0 Å². The molecule has 0 bridgehead atoms. The topological polar surface area (TPSA) is 67.8 Å². The molecule has 1 aliphatic carbocycles. The maximum atomic E-state index is 12.4. The third kappa shape index (κ3) is 3.82. The molecule has 1 saturated heterocycles. The van der Waals surface area contributed by atoms with Crippen LogP contribution in [0.1, 0.15) is 19.8 Å². The number of aromatic nitrogens is 2. The second-order valence-electron chi connectivity index (χ2n) is 7.07. The molecule has 0 unspecified atom stereocenters. The standard InChI is InChI=1S/C20H24N4O3/c1-14-12-23(9-10-24(14)20(25)15-7-8-15)18-11-19(22-13-21-18)27-17-6-4-3-5-16(17)26-2/h3-6,11,13-15H,7-10,12H2,1-2H3/t14-/m0/s1. The van der Waals surface area contributed by atoms with Crippen molar-refractivity contribution in [3.63, 3.8) is 0 Å². The van der Waals surface area contributed by atoms with Gasteiger partial charge in [-0.15, -0.1) is 0 Å². The molecule has 0 N–H and O–H groups in total. The molecule has 1 saturated carbocycles. The van der Waals surface area contributed by atoms with Gasteiger partial charge in [-0.1, -0.05) is 12.1 Å². The smallest absolute Gasteiger partial charge is 0.226 e. The summed E-state index contributed by atoms with van der Waals surface area (Å²) >= 11 is 0. The lowest BCUT2D eigenvalue weighted by Crippen LogP contribution is -2.54. The molecule has 1 amide bonds. The Morgan fingerprint density at radius 2 is 1.93 bits per heavy atom. The minimum atomic E-state index is 0.167. The summed E-state index contributed by atoms with van der Waals surface area (Å²) in [7, 11) is 1.61. The monoisotopic (exact) mass is 368 g/mol. The second-order valence-corrected chi connectivity index (χ2v) is 7.07. The molecule has 2 fully saturated rings. The van der Waals surface area contributed by atoms with Gasteiger partial charge in [0.2, 0.25) is 11.8 Å². The van der Waals surface area contributed by atoms with Gasteiger partial charge in [0.1, 0.15) is 12.1 Å². The number of hydrogen-bond acceptors (Lipinski definition) is 6. The van der Waals surface area contributed by atoms with Crippen LogP contribution < -0.4 is 14.4 Å². The third-order valence-electron chi connectivity index (χ3n) is 5.07. The molecule has 142 valence electrons. The van der Waals surface area contributed by atoms with Crippen molar-refractivity contribution in [2.75, 3.05) is 31.6 Å². The fourth-order valence-electron chi connectivity index (χ4n) is 3.43. The van der Waals surface area contributed by atoms with Crippen molar-refractivity contribution in [3.05, 3.63) is 36.7 Å². The fraction of sp³-hybridized carbons (Fsp3) is 0.450. The minimum Gasteiger partial charge on any atom is -0.493 e. The van der Waals surface area contributed by atoms with Gasteiger partial charge in [-0.25, -0.2) is 9.97 Å². The summed E-state index contributed by atoms with van der Waals surface area (Å²) in [4.78, 5) is 25.2. The molecule has 4 rings (SSSR count). The van der Waals surface area contributed by atoms with E-state index in [1.54, 1.807) is 7.11 Å². The number of carbonyl (C=O) groups excluding carboxylic acids is 1. The molecule has 7 heteroatoms. The van der Waals surface area contributed by atoms with E-state index in [0.717, 1.165) is 38.3 Å². The van der Waals surface area contributed by atoms with E-state index in [2.05, 4.69) is 21.8 Å². The Kier molecular flexibility index (Phi) is 4.83. The van der Waals surface area contributed by atoms with Crippen molar-refractivity contribution in [1.29, 1.82) is 0 Å². The SMILES string of the molecule is COc1ccccc1Oc1cc(N2CCN(C(=O)C3CC3)[C@@H](C)C2)ncn1. The Morgan fingerprint density at radius 3 is 2.63 bits per heavy atom. The van der Waals surface area contributed by atoms with Gasteiger partial charge in [-0.05, 0) is 31.9 Å². The quantitative estimate of drug-likeness (QED) is 0.808. The lowest BCUT2D eigenvalue weighted by atomic mass is 10.1. The number of para-hydroxylation sites is 2. The number of rotatable bonds is 5. The molecule has 7 nitrogen and oxygen atoms in total. The molecule has 1 aromatic heterocycles. The van der Waals surface area contributed by atoms with Crippen LogP contribution in [0.25, 0.3) is 0 Å². The maximum absolute atomic E-state index is 12.4. The normalized spacial score (nSPS) is 19.7. The Labute approximate surface area is 158 Å². The van der Waals surface area contributed by atoms with Crippen molar-refractivity contribution in [1.82, 2.24) is 14.9 Å². The van der Waals surface area contributed by atoms with Crippen LogP contribution in [0.4, 0.5) is 5.82 Å². The summed E-state index contributed by atoms with van der Waals surface area (Å²) in [5.74, 6) is 3.11. The first-order chi connectivity index (χ1) is 13.2. The van der Waals surface area contributed by atoms with Crippen LogP contribution in [0.5, 0.6) is 17.4 Å². The molecule has 1 aliphatic heterocycles. The van der Waals surface area contributed by atoms with E-state index in [1.807, 2.05) is 35.2 Å². The Bertz CT molecular complexity index is 824. The summed E-state index contributed by atoms with van der Waals surface area (Å²) in [6.45, 7) is 4.33. The second kappa shape index (κ2) is 7.42. The summed E-state index contributed by atoms with van der Waals surface area (Å²) < 4.78 is 11.2. The van der Waals surface area contributed by atoms with Gasteiger partial charge in [0.05, 0.1) is 7.11 Å². The number of amides is 1. The van der Waals surface area contributed by atoms with E-state index in [9.17, 15) is 4.79 Å². The Hall–Kier alpha value is -2.83. The molecule has 2 heterocycles. The highest BCUT2D eigenvalue weighted by molar-refractivity contribution is 5.81. The van der Waals surface area contributed by atoms with E-state index in [0.29, 0.717) is 23.3 Å². The number of carbonyl (C=O) groups is 1. The van der Waals surface area contributed by atoms with Gasteiger partial charge in [-0.3, -0.25) is 4.79 Å². The molecule has 1 aromatic carbocycles. The van der Waals surface area contributed by atoms with Crippen LogP contribution in [0, 0.1) is 5.92 Å². The van der Waals surface area contributed by atoms with Gasteiger partial charge in [-0.2, -0.15) is 0 Å². The summed E-state index contributed by atoms with van der Waals surface area (Å²) in [6.07, 6.45) is 3.59. The number of benzene rings is 1. The van der Waals surface area contributed by atoms with Crippen molar-refractivity contribution < 1.29 is 14.3 Å². The summed E-state index contributed by atoms with van der Waals surface area (Å²) in [6, 6.07) is 9.46. The van der Waals surface area contributed by atoms with Gasteiger partial charge < -0.3 is 19.3 Å². The first-order valence-corrected chi connectivity index (χ1v) is 9.34. The largest absolute Gasteiger partial charge is 0.493 e. The molecular weight excluding hydrogens is 344 g/mol. The van der Waals surface area contributed by atoms with Crippen molar-refractivity contribution in [3.8, 4) is 17.4 Å². The summed E-state index contributed by atoms with van der Waals surface area (Å²) in [5, 5.41) is 0. The van der Waals surface area contributed by atoms with Gasteiger partial charge in [0.25, 0.3) is 0 Å². The first-order valence-electron chi connectivity index (χ1n) is 9.34. The number of ether oxygens (including phenoxy) is 2. The van der Waals surface area contributed by atoms with Crippen molar-refractivity contribution in [2.24, 2.45) is 5.92 Å². The molecule has 1 atom stereocenters. The van der Waals surface area contributed by atoms with Crippen LogP contribution in [-0.4, -0.2) is 53.6 Å². The fourth-order valence-corrected chi connectivity index (χ4v) is 3.43. The van der Waals surface area contributed by atoms with E-state index in [4.69, 9.17) is 9.47 Å². The predicted octanol–water partition coefficient (Wildman–Crippen LogP) is 2.72. The Balaban J connectivity index is 1.45. The van der Waals surface area contributed by atoms with Gasteiger partial charge in [0.15, 0.2) is 11.5 Å². The predicted molar refractivity (Wildman–Crippen MR) is 101 cm³/mol. The van der Waals surface area contributed by atoms with Crippen LogP contribution in [-0.2, 0) is 4.79 Å². The number of hydrogen-bond donors (Lipinski definition) is 0. The Morgan fingerprint density at radius 1 is 1.15 bits per heavy atom. The van der Waals surface area contributed by atoms with Gasteiger partial charge in [0, 0.05) is 37.7 Å². The van der Waals surface area contributed by atoms with Crippen LogP contribution in [0.15, 0.2) is 36.7 Å². The number of anilines is 1. The van der Waals surface area contributed by atoms with Crippen LogP contribution in [0.3, 0.4) is 0 Å². The number of piperazine rings is 1. The lowest BCUT2D eigenvalue weighted by Gasteiger charge is -2.40. The van der Waals surface area contributed by atoms with Crippen molar-refractivity contribution in [2.45, 2.75) is 25.8 Å². The first kappa shape index (κ1) is 17.6. The highest BCUT2D eigenvalue weighted by Gasteiger charge is 2.37.